The number of nitrogens with two attached hydrogens (primary N) is 1. The molecule has 0 aromatic heterocycles. The van der Waals surface area contributed by atoms with Gasteiger partial charge in [-0.2, -0.15) is 0 Å². The van der Waals surface area contributed by atoms with Gasteiger partial charge in [-0.15, -0.1) is 12.6 Å². The van der Waals surface area contributed by atoms with Crippen molar-refractivity contribution in [1.82, 2.24) is 0 Å². The first kappa shape index (κ1) is 19.6. The van der Waals surface area contributed by atoms with Crippen LogP contribution < -0.4 is 5.73 Å². The Hall–Kier alpha value is -2.47. The van der Waals surface area contributed by atoms with Crippen LogP contribution in [0.2, 0.25) is 0 Å². The minimum Gasteiger partial charge on any atom is -0.478 e. The van der Waals surface area contributed by atoms with Gasteiger partial charge in [0.15, 0.2) is 0 Å². The van der Waals surface area contributed by atoms with Crippen molar-refractivity contribution < 1.29 is 19.8 Å². The van der Waals surface area contributed by atoms with E-state index in [4.69, 9.17) is 15.9 Å². The SMILES string of the molecule is Cc1cc(C)c(N)c(C(=O)O)c1.Cc1cc(C)c(S)c(C(=O)O)c1. The molecule has 0 radical (unpaired) electrons. The molecule has 0 aliphatic carbocycles. The zero-order valence-electron chi connectivity index (χ0n) is 14.0. The minimum absolute atomic E-state index is 0.188. The predicted molar refractivity (Wildman–Crippen MR) is 97.4 cm³/mol. The molecular formula is C18H21NO4S. The van der Waals surface area contributed by atoms with E-state index in [1.807, 2.05) is 32.9 Å². The van der Waals surface area contributed by atoms with Gasteiger partial charge in [-0.25, -0.2) is 9.59 Å². The maximum Gasteiger partial charge on any atom is 0.337 e. The zero-order valence-corrected chi connectivity index (χ0v) is 14.9. The molecule has 0 saturated heterocycles. The fourth-order valence-electron chi connectivity index (χ4n) is 2.28. The second kappa shape index (κ2) is 7.88. The lowest BCUT2D eigenvalue weighted by atomic mass is 10.0. The van der Waals surface area contributed by atoms with Gasteiger partial charge in [0, 0.05) is 10.6 Å². The maximum atomic E-state index is 10.7. The Balaban J connectivity index is 0.000000240. The van der Waals surface area contributed by atoms with E-state index in [0.29, 0.717) is 10.6 Å². The lowest BCUT2D eigenvalue weighted by molar-refractivity contribution is 0.0684. The average Bonchev–Trinajstić information content (AvgIpc) is 2.46. The van der Waals surface area contributed by atoms with Crippen molar-refractivity contribution in [3.05, 3.63) is 57.6 Å². The van der Waals surface area contributed by atoms with E-state index in [1.54, 1.807) is 19.1 Å². The number of hydrogen-bond donors (Lipinski definition) is 4. The van der Waals surface area contributed by atoms with Crippen LogP contribution >= 0.6 is 12.6 Å². The van der Waals surface area contributed by atoms with Gasteiger partial charge in [0.25, 0.3) is 0 Å². The maximum absolute atomic E-state index is 10.7. The number of aryl methyl sites for hydroxylation is 4. The molecule has 0 atom stereocenters. The first-order valence-electron chi connectivity index (χ1n) is 7.18. The van der Waals surface area contributed by atoms with Gasteiger partial charge in [-0.3, -0.25) is 0 Å². The molecule has 0 heterocycles. The van der Waals surface area contributed by atoms with Gasteiger partial charge in [-0.1, -0.05) is 12.1 Å². The van der Waals surface area contributed by atoms with Gasteiger partial charge in [0.1, 0.15) is 0 Å². The third kappa shape index (κ3) is 4.76. The zero-order chi connectivity index (χ0) is 18.6. The van der Waals surface area contributed by atoms with E-state index >= 15 is 0 Å². The van der Waals surface area contributed by atoms with Crippen LogP contribution in [0.1, 0.15) is 43.0 Å². The molecule has 0 amide bonds. The summed E-state index contributed by atoms with van der Waals surface area (Å²) in [6.07, 6.45) is 0. The molecule has 0 aliphatic rings. The summed E-state index contributed by atoms with van der Waals surface area (Å²) in [7, 11) is 0. The highest BCUT2D eigenvalue weighted by Gasteiger charge is 2.10. The average molecular weight is 347 g/mol. The van der Waals surface area contributed by atoms with E-state index in [9.17, 15) is 9.59 Å². The first-order chi connectivity index (χ1) is 11.0. The van der Waals surface area contributed by atoms with Crippen LogP contribution in [-0.4, -0.2) is 22.2 Å². The second-order valence-electron chi connectivity index (χ2n) is 5.63. The summed E-state index contributed by atoms with van der Waals surface area (Å²) < 4.78 is 0. The third-order valence-electron chi connectivity index (χ3n) is 3.44. The smallest absolute Gasteiger partial charge is 0.337 e. The number of benzene rings is 2. The van der Waals surface area contributed by atoms with Crippen molar-refractivity contribution in [2.24, 2.45) is 0 Å². The number of anilines is 1. The number of nitrogen functional groups attached to an aromatic ring is 1. The van der Waals surface area contributed by atoms with Gasteiger partial charge in [0.2, 0.25) is 0 Å². The van der Waals surface area contributed by atoms with Gasteiger partial charge in [0.05, 0.1) is 11.1 Å². The van der Waals surface area contributed by atoms with E-state index in [-0.39, 0.29) is 11.1 Å². The van der Waals surface area contributed by atoms with E-state index in [1.165, 1.54) is 0 Å². The molecule has 2 aromatic rings. The topological polar surface area (TPSA) is 101 Å². The molecule has 0 saturated carbocycles. The largest absolute Gasteiger partial charge is 0.478 e. The van der Waals surface area contributed by atoms with Crippen LogP contribution in [-0.2, 0) is 0 Å². The Morgan fingerprint density at radius 2 is 1.25 bits per heavy atom. The number of aromatic carboxylic acids is 2. The number of hydrogen-bond acceptors (Lipinski definition) is 4. The van der Waals surface area contributed by atoms with Crippen molar-refractivity contribution in [3.63, 3.8) is 0 Å². The summed E-state index contributed by atoms with van der Waals surface area (Å²) in [5.74, 6) is -1.90. The molecule has 2 rings (SSSR count). The van der Waals surface area contributed by atoms with Crippen LogP contribution in [0.4, 0.5) is 5.69 Å². The molecule has 0 unspecified atom stereocenters. The Labute approximate surface area is 146 Å². The molecule has 0 spiro atoms. The Morgan fingerprint density at radius 1 is 0.833 bits per heavy atom. The molecule has 128 valence electrons. The normalized spacial score (nSPS) is 9.88. The third-order valence-corrected chi connectivity index (χ3v) is 4.03. The summed E-state index contributed by atoms with van der Waals surface area (Å²) in [4.78, 5) is 21.9. The van der Waals surface area contributed by atoms with Gasteiger partial charge >= 0.3 is 11.9 Å². The molecule has 0 fully saturated rings. The number of carbonyl (C=O) groups is 2. The first-order valence-corrected chi connectivity index (χ1v) is 7.62. The molecule has 0 bridgehead atoms. The Kier molecular flexibility index (Phi) is 6.42. The summed E-state index contributed by atoms with van der Waals surface area (Å²) in [6, 6.07) is 6.97. The Bertz CT molecular complexity index is 733. The van der Waals surface area contributed by atoms with Gasteiger partial charge in [-0.05, 0) is 62.1 Å². The summed E-state index contributed by atoms with van der Waals surface area (Å²) in [5.41, 5.74) is 9.96. The van der Waals surface area contributed by atoms with Crippen molar-refractivity contribution >= 4 is 30.3 Å². The minimum atomic E-state index is -0.973. The highest BCUT2D eigenvalue weighted by molar-refractivity contribution is 7.80. The summed E-state index contributed by atoms with van der Waals surface area (Å²) in [5, 5.41) is 17.5. The van der Waals surface area contributed by atoms with E-state index < -0.39 is 11.9 Å². The molecule has 4 N–H and O–H groups in total. The lowest BCUT2D eigenvalue weighted by Crippen LogP contribution is -2.04. The van der Waals surface area contributed by atoms with Gasteiger partial charge < -0.3 is 15.9 Å². The monoisotopic (exact) mass is 347 g/mol. The van der Waals surface area contributed by atoms with Crippen LogP contribution in [0.15, 0.2) is 29.2 Å². The van der Waals surface area contributed by atoms with E-state index in [2.05, 4.69) is 12.6 Å². The Morgan fingerprint density at radius 3 is 1.71 bits per heavy atom. The van der Waals surface area contributed by atoms with Crippen LogP contribution in [0.25, 0.3) is 0 Å². The highest BCUT2D eigenvalue weighted by atomic mass is 32.1. The molecule has 5 nitrogen and oxygen atoms in total. The van der Waals surface area contributed by atoms with Crippen molar-refractivity contribution in [2.45, 2.75) is 32.6 Å². The molecule has 6 heteroatoms. The number of carboxylic acid groups (broad SMARTS) is 2. The van der Waals surface area contributed by atoms with Crippen molar-refractivity contribution in [1.29, 1.82) is 0 Å². The molecule has 24 heavy (non-hydrogen) atoms. The summed E-state index contributed by atoms with van der Waals surface area (Å²) >= 11 is 4.12. The standard InChI is InChI=1S/C9H11NO2.C9H10O2S/c1-5-3-6(2)8(10)7(4-5)9(11)12;1-5-3-6(2)8(12)7(4-5)9(10)11/h3-4H,10H2,1-2H3,(H,11,12);3-4,12H,1-2H3,(H,10,11). The fraction of sp³-hybridized carbons (Fsp3) is 0.222. The quantitative estimate of drug-likeness (QED) is 0.488. The molecule has 2 aromatic carbocycles. The highest BCUT2D eigenvalue weighted by Crippen LogP contribution is 2.20. The van der Waals surface area contributed by atoms with Crippen molar-refractivity contribution in [3.8, 4) is 0 Å². The fourth-order valence-corrected chi connectivity index (χ4v) is 2.50. The van der Waals surface area contributed by atoms with Crippen LogP contribution in [0.3, 0.4) is 0 Å². The molecular weight excluding hydrogens is 326 g/mol. The second-order valence-corrected chi connectivity index (χ2v) is 6.08. The number of carboxylic acids is 2. The van der Waals surface area contributed by atoms with Crippen LogP contribution in [0.5, 0.6) is 0 Å². The van der Waals surface area contributed by atoms with Crippen molar-refractivity contribution in [2.75, 3.05) is 5.73 Å². The number of thiol groups is 1. The lowest BCUT2D eigenvalue weighted by Gasteiger charge is -2.05. The van der Waals surface area contributed by atoms with Crippen LogP contribution in [0, 0.1) is 27.7 Å². The van der Waals surface area contributed by atoms with E-state index in [0.717, 1.165) is 22.3 Å². The predicted octanol–water partition coefficient (Wildman–Crippen LogP) is 3.87. The summed E-state index contributed by atoms with van der Waals surface area (Å²) in [6.45, 7) is 7.36. The molecule has 0 aliphatic heterocycles. The number of rotatable bonds is 2.